The molecule has 2 unspecified atom stereocenters. The van der Waals surface area contributed by atoms with E-state index in [0.717, 1.165) is 18.7 Å². The fraction of sp³-hybridized carbons (Fsp3) is 0.625. The van der Waals surface area contributed by atoms with Gasteiger partial charge in [-0.2, -0.15) is 0 Å². The van der Waals surface area contributed by atoms with Crippen LogP contribution in [0.4, 0.5) is 0 Å². The number of nitrogens with zero attached hydrogens (tertiary/aromatic N) is 1. The number of methoxy groups -OCH3 is 2. The third kappa shape index (κ3) is 3.87. The van der Waals surface area contributed by atoms with E-state index >= 15 is 0 Å². The number of hydrogen-bond acceptors (Lipinski definition) is 5. The summed E-state index contributed by atoms with van der Waals surface area (Å²) in [4.78, 5) is 2.31. The van der Waals surface area contributed by atoms with Crippen LogP contribution in [0.2, 0.25) is 0 Å². The average molecular weight is 295 g/mol. The highest BCUT2D eigenvalue weighted by atomic mass is 16.5. The molecular formula is C16H25NO4. The second kappa shape index (κ2) is 7.11. The number of benzene rings is 1. The monoisotopic (exact) mass is 295 g/mol. The van der Waals surface area contributed by atoms with Crippen LogP contribution in [0.5, 0.6) is 11.5 Å². The molecule has 2 rings (SSSR count). The minimum absolute atomic E-state index is 0.238. The van der Waals surface area contributed by atoms with Gasteiger partial charge in [0, 0.05) is 25.2 Å². The van der Waals surface area contributed by atoms with E-state index in [9.17, 15) is 5.11 Å². The van der Waals surface area contributed by atoms with Crippen molar-refractivity contribution in [3.63, 3.8) is 0 Å². The Morgan fingerprint density at radius 2 is 1.81 bits per heavy atom. The van der Waals surface area contributed by atoms with Crippen molar-refractivity contribution in [2.75, 3.05) is 33.9 Å². The quantitative estimate of drug-likeness (QED) is 0.898. The summed E-state index contributed by atoms with van der Waals surface area (Å²) >= 11 is 0. The first-order valence-electron chi connectivity index (χ1n) is 7.31. The average Bonchev–Trinajstić information content (AvgIpc) is 2.53. The molecule has 1 heterocycles. The summed E-state index contributed by atoms with van der Waals surface area (Å²) in [5.41, 5.74) is 0.752. The smallest absolute Gasteiger partial charge is 0.122 e. The van der Waals surface area contributed by atoms with Crippen LogP contribution in [0.15, 0.2) is 18.2 Å². The standard InChI is InChI=1S/C16H25NO4/c1-11(2)17-5-6-21-15(10-17)16(18)12-7-13(19-3)9-14(8-12)20-4/h7-9,11,15-16,18H,5-6,10H2,1-4H3. The first-order valence-corrected chi connectivity index (χ1v) is 7.31. The summed E-state index contributed by atoms with van der Waals surface area (Å²) in [7, 11) is 3.20. The molecule has 1 saturated heterocycles. The number of ether oxygens (including phenoxy) is 3. The Morgan fingerprint density at radius 3 is 2.33 bits per heavy atom. The molecule has 5 nitrogen and oxygen atoms in total. The molecule has 0 aromatic heterocycles. The zero-order valence-corrected chi connectivity index (χ0v) is 13.2. The summed E-state index contributed by atoms with van der Waals surface area (Å²) in [6.45, 7) is 6.58. The maximum absolute atomic E-state index is 10.6. The minimum atomic E-state index is -0.699. The topological polar surface area (TPSA) is 51.2 Å². The Labute approximate surface area is 126 Å². The van der Waals surface area contributed by atoms with Gasteiger partial charge in [-0.15, -0.1) is 0 Å². The van der Waals surface area contributed by atoms with Gasteiger partial charge in [-0.25, -0.2) is 0 Å². The molecule has 1 fully saturated rings. The Morgan fingerprint density at radius 1 is 1.19 bits per heavy atom. The minimum Gasteiger partial charge on any atom is -0.497 e. The van der Waals surface area contributed by atoms with E-state index in [1.54, 1.807) is 20.3 Å². The van der Waals surface area contributed by atoms with E-state index in [1.807, 2.05) is 12.1 Å². The molecule has 5 heteroatoms. The molecule has 1 aliphatic heterocycles. The normalized spacial score (nSPS) is 21.3. The van der Waals surface area contributed by atoms with Crippen molar-refractivity contribution in [1.29, 1.82) is 0 Å². The van der Waals surface area contributed by atoms with E-state index < -0.39 is 6.10 Å². The summed E-state index contributed by atoms with van der Waals surface area (Å²) in [6.07, 6.45) is -0.937. The van der Waals surface area contributed by atoms with Crippen molar-refractivity contribution >= 4 is 0 Å². The molecular weight excluding hydrogens is 270 g/mol. The predicted molar refractivity (Wildman–Crippen MR) is 81.0 cm³/mol. The lowest BCUT2D eigenvalue weighted by Gasteiger charge is -2.37. The van der Waals surface area contributed by atoms with Crippen molar-refractivity contribution in [3.05, 3.63) is 23.8 Å². The first kappa shape index (κ1) is 16.1. The molecule has 0 amide bonds. The summed E-state index contributed by atoms with van der Waals surface area (Å²) < 4.78 is 16.3. The Bertz CT molecular complexity index is 441. The highest BCUT2D eigenvalue weighted by Crippen LogP contribution is 2.30. The van der Waals surface area contributed by atoms with Crippen LogP contribution in [-0.4, -0.2) is 56.1 Å². The number of aliphatic hydroxyl groups is 1. The lowest BCUT2D eigenvalue weighted by molar-refractivity contribution is -0.0962. The number of morpholine rings is 1. The molecule has 0 radical (unpaired) electrons. The molecule has 118 valence electrons. The van der Waals surface area contributed by atoms with Gasteiger partial charge in [0.15, 0.2) is 0 Å². The van der Waals surface area contributed by atoms with E-state index in [-0.39, 0.29) is 6.10 Å². The van der Waals surface area contributed by atoms with Gasteiger partial charge in [0.2, 0.25) is 0 Å². The Kier molecular flexibility index (Phi) is 5.45. The molecule has 1 aliphatic rings. The molecule has 1 aromatic carbocycles. The zero-order chi connectivity index (χ0) is 15.4. The summed E-state index contributed by atoms with van der Waals surface area (Å²) in [5, 5.41) is 10.6. The van der Waals surface area contributed by atoms with Gasteiger partial charge in [-0.1, -0.05) is 0 Å². The molecule has 2 atom stereocenters. The highest BCUT2D eigenvalue weighted by Gasteiger charge is 2.29. The van der Waals surface area contributed by atoms with Gasteiger partial charge >= 0.3 is 0 Å². The van der Waals surface area contributed by atoms with Crippen molar-refractivity contribution < 1.29 is 19.3 Å². The maximum atomic E-state index is 10.6. The first-order chi connectivity index (χ1) is 10.0. The predicted octanol–water partition coefficient (Wildman–Crippen LogP) is 1.85. The SMILES string of the molecule is COc1cc(OC)cc(C(O)C2CN(C(C)C)CCO2)c1. The lowest BCUT2D eigenvalue weighted by Crippen LogP contribution is -2.47. The second-order valence-corrected chi connectivity index (χ2v) is 5.59. The van der Waals surface area contributed by atoms with Crippen LogP contribution < -0.4 is 9.47 Å². The van der Waals surface area contributed by atoms with Gasteiger partial charge in [0.05, 0.1) is 20.8 Å². The molecule has 0 aliphatic carbocycles. The zero-order valence-electron chi connectivity index (χ0n) is 13.2. The Balaban J connectivity index is 2.16. The number of aliphatic hydroxyl groups excluding tert-OH is 1. The Hall–Kier alpha value is -1.30. The van der Waals surface area contributed by atoms with Gasteiger partial charge in [0.1, 0.15) is 23.7 Å². The van der Waals surface area contributed by atoms with Crippen LogP contribution in [0.25, 0.3) is 0 Å². The largest absolute Gasteiger partial charge is 0.497 e. The van der Waals surface area contributed by atoms with E-state index in [4.69, 9.17) is 14.2 Å². The van der Waals surface area contributed by atoms with Crippen LogP contribution >= 0.6 is 0 Å². The fourth-order valence-electron chi connectivity index (χ4n) is 2.57. The number of hydrogen-bond donors (Lipinski definition) is 1. The number of rotatable bonds is 5. The molecule has 0 saturated carbocycles. The van der Waals surface area contributed by atoms with Gasteiger partial charge in [0.25, 0.3) is 0 Å². The summed E-state index contributed by atoms with van der Waals surface area (Å²) in [5.74, 6) is 1.33. The van der Waals surface area contributed by atoms with E-state index in [0.29, 0.717) is 24.1 Å². The highest BCUT2D eigenvalue weighted by molar-refractivity contribution is 5.39. The van der Waals surface area contributed by atoms with Gasteiger partial charge in [-0.05, 0) is 31.5 Å². The van der Waals surface area contributed by atoms with Gasteiger partial charge < -0.3 is 19.3 Å². The maximum Gasteiger partial charge on any atom is 0.122 e. The summed E-state index contributed by atoms with van der Waals surface area (Å²) in [6, 6.07) is 5.89. The van der Waals surface area contributed by atoms with Crippen LogP contribution in [0, 0.1) is 0 Å². The van der Waals surface area contributed by atoms with E-state index in [1.165, 1.54) is 0 Å². The third-order valence-corrected chi connectivity index (χ3v) is 3.92. The fourth-order valence-corrected chi connectivity index (χ4v) is 2.57. The van der Waals surface area contributed by atoms with Crippen molar-refractivity contribution in [1.82, 2.24) is 4.90 Å². The van der Waals surface area contributed by atoms with Crippen molar-refractivity contribution in [2.45, 2.75) is 32.1 Å². The van der Waals surface area contributed by atoms with Crippen LogP contribution in [-0.2, 0) is 4.74 Å². The molecule has 1 aromatic rings. The molecule has 0 spiro atoms. The molecule has 0 bridgehead atoms. The van der Waals surface area contributed by atoms with Crippen molar-refractivity contribution in [3.8, 4) is 11.5 Å². The van der Waals surface area contributed by atoms with Crippen LogP contribution in [0.3, 0.4) is 0 Å². The third-order valence-electron chi connectivity index (χ3n) is 3.92. The molecule has 1 N–H and O–H groups in total. The molecule has 21 heavy (non-hydrogen) atoms. The lowest BCUT2D eigenvalue weighted by atomic mass is 10.0. The van der Waals surface area contributed by atoms with E-state index in [2.05, 4.69) is 18.7 Å². The van der Waals surface area contributed by atoms with Gasteiger partial charge in [-0.3, -0.25) is 4.90 Å². The van der Waals surface area contributed by atoms with Crippen LogP contribution in [0.1, 0.15) is 25.5 Å². The van der Waals surface area contributed by atoms with Crippen molar-refractivity contribution in [2.24, 2.45) is 0 Å². The second-order valence-electron chi connectivity index (χ2n) is 5.59.